The molecule has 1 N–H and O–H groups in total. The summed E-state index contributed by atoms with van der Waals surface area (Å²) >= 11 is 3.45. The SMILES string of the molecule is O=c1cc(C2CCCNC2)nc2c(Br)cccn12. The Hall–Kier alpha value is -1.20. The van der Waals surface area contributed by atoms with Gasteiger partial charge in [0.15, 0.2) is 5.65 Å². The molecule has 1 saturated heterocycles. The molecular formula is C13H14BrN3O. The van der Waals surface area contributed by atoms with Gasteiger partial charge in [-0.2, -0.15) is 0 Å². The first-order chi connectivity index (χ1) is 8.75. The zero-order valence-corrected chi connectivity index (χ0v) is 11.5. The van der Waals surface area contributed by atoms with Gasteiger partial charge < -0.3 is 5.32 Å². The lowest BCUT2D eigenvalue weighted by atomic mass is 9.96. The first-order valence-corrected chi connectivity index (χ1v) is 6.93. The number of nitrogens with one attached hydrogen (secondary N) is 1. The van der Waals surface area contributed by atoms with E-state index in [1.807, 2.05) is 12.1 Å². The number of rotatable bonds is 1. The average molecular weight is 308 g/mol. The van der Waals surface area contributed by atoms with Gasteiger partial charge in [-0.1, -0.05) is 0 Å². The molecule has 0 bridgehead atoms. The molecule has 18 heavy (non-hydrogen) atoms. The van der Waals surface area contributed by atoms with Gasteiger partial charge in [-0.15, -0.1) is 0 Å². The second-order valence-electron chi connectivity index (χ2n) is 4.61. The van der Waals surface area contributed by atoms with E-state index in [0.29, 0.717) is 11.6 Å². The van der Waals surface area contributed by atoms with E-state index in [1.54, 1.807) is 16.7 Å². The van der Waals surface area contributed by atoms with Crippen molar-refractivity contribution in [1.29, 1.82) is 0 Å². The number of nitrogens with zero attached hydrogens (tertiary/aromatic N) is 2. The van der Waals surface area contributed by atoms with E-state index < -0.39 is 0 Å². The molecule has 3 rings (SSSR count). The molecule has 4 nitrogen and oxygen atoms in total. The molecule has 1 aliphatic rings. The fourth-order valence-electron chi connectivity index (χ4n) is 2.42. The van der Waals surface area contributed by atoms with E-state index in [2.05, 4.69) is 26.2 Å². The highest BCUT2D eigenvalue weighted by atomic mass is 79.9. The maximum absolute atomic E-state index is 12.1. The maximum atomic E-state index is 12.1. The third-order valence-corrected chi connectivity index (χ3v) is 4.00. The van der Waals surface area contributed by atoms with Crippen LogP contribution in [-0.4, -0.2) is 22.5 Å². The minimum Gasteiger partial charge on any atom is -0.316 e. The van der Waals surface area contributed by atoms with Crippen molar-refractivity contribution >= 4 is 21.6 Å². The highest BCUT2D eigenvalue weighted by Gasteiger charge is 2.18. The Balaban J connectivity index is 2.14. The van der Waals surface area contributed by atoms with Crippen molar-refractivity contribution in [2.75, 3.05) is 13.1 Å². The topological polar surface area (TPSA) is 46.4 Å². The van der Waals surface area contributed by atoms with Crippen molar-refractivity contribution in [3.05, 3.63) is 44.9 Å². The quantitative estimate of drug-likeness (QED) is 0.875. The summed E-state index contributed by atoms with van der Waals surface area (Å²) < 4.78 is 2.43. The molecule has 1 unspecified atom stereocenters. The van der Waals surface area contributed by atoms with Crippen LogP contribution >= 0.6 is 15.9 Å². The predicted octanol–water partition coefficient (Wildman–Crippen LogP) is 1.92. The van der Waals surface area contributed by atoms with Gasteiger partial charge in [0.2, 0.25) is 0 Å². The molecule has 0 saturated carbocycles. The molecule has 1 atom stereocenters. The molecule has 1 aliphatic heterocycles. The summed E-state index contributed by atoms with van der Waals surface area (Å²) in [5, 5.41) is 3.35. The third kappa shape index (κ3) is 2.08. The first kappa shape index (κ1) is 11.9. The zero-order valence-electron chi connectivity index (χ0n) is 9.90. The normalized spacial score (nSPS) is 20.2. The van der Waals surface area contributed by atoms with E-state index >= 15 is 0 Å². The molecule has 0 aliphatic carbocycles. The van der Waals surface area contributed by atoms with Gasteiger partial charge >= 0.3 is 0 Å². The lowest BCUT2D eigenvalue weighted by Gasteiger charge is -2.22. The van der Waals surface area contributed by atoms with E-state index in [0.717, 1.165) is 36.1 Å². The largest absolute Gasteiger partial charge is 0.316 e. The molecule has 2 aromatic rings. The fraction of sp³-hybridized carbons (Fsp3) is 0.385. The van der Waals surface area contributed by atoms with Gasteiger partial charge in [-0.3, -0.25) is 9.20 Å². The summed E-state index contributed by atoms with van der Waals surface area (Å²) in [6.07, 6.45) is 3.99. The number of fused-ring (bicyclic) bond motifs is 1. The minimum absolute atomic E-state index is 0.0122. The number of hydrogen-bond acceptors (Lipinski definition) is 3. The molecule has 1 fully saturated rings. The predicted molar refractivity (Wildman–Crippen MR) is 74.0 cm³/mol. The highest BCUT2D eigenvalue weighted by Crippen LogP contribution is 2.22. The summed E-state index contributed by atoms with van der Waals surface area (Å²) in [6.45, 7) is 1.97. The summed E-state index contributed by atoms with van der Waals surface area (Å²) in [5.74, 6) is 0.351. The Morgan fingerprint density at radius 3 is 3.17 bits per heavy atom. The van der Waals surface area contributed by atoms with Crippen LogP contribution in [0.5, 0.6) is 0 Å². The van der Waals surface area contributed by atoms with Crippen molar-refractivity contribution in [3.63, 3.8) is 0 Å². The summed E-state index contributed by atoms with van der Waals surface area (Å²) in [5.41, 5.74) is 1.59. The number of piperidine rings is 1. The van der Waals surface area contributed by atoms with Crippen molar-refractivity contribution in [1.82, 2.24) is 14.7 Å². The molecule has 5 heteroatoms. The van der Waals surface area contributed by atoms with Gasteiger partial charge in [0.25, 0.3) is 5.56 Å². The molecule has 0 spiro atoms. The van der Waals surface area contributed by atoms with Crippen LogP contribution in [0.3, 0.4) is 0 Å². The van der Waals surface area contributed by atoms with Gasteiger partial charge in [0.1, 0.15) is 0 Å². The number of hydrogen-bond donors (Lipinski definition) is 1. The Labute approximate surface area is 113 Å². The zero-order chi connectivity index (χ0) is 12.5. The molecule has 0 radical (unpaired) electrons. The lowest BCUT2D eigenvalue weighted by molar-refractivity contribution is 0.454. The molecule has 0 amide bonds. The Morgan fingerprint density at radius 2 is 2.39 bits per heavy atom. The fourth-order valence-corrected chi connectivity index (χ4v) is 2.86. The van der Waals surface area contributed by atoms with Crippen LogP contribution in [0.25, 0.3) is 5.65 Å². The van der Waals surface area contributed by atoms with E-state index in [1.165, 1.54) is 0 Å². The lowest BCUT2D eigenvalue weighted by Crippen LogP contribution is -2.30. The second-order valence-corrected chi connectivity index (χ2v) is 5.47. The van der Waals surface area contributed by atoms with Crippen LogP contribution in [0, 0.1) is 0 Å². The summed E-state index contributed by atoms with van der Waals surface area (Å²) in [7, 11) is 0. The van der Waals surface area contributed by atoms with Crippen LogP contribution < -0.4 is 10.9 Å². The molecule has 2 aromatic heterocycles. The summed E-state index contributed by atoms with van der Waals surface area (Å²) in [4.78, 5) is 16.7. The Bertz CT molecular complexity index is 632. The highest BCUT2D eigenvalue weighted by molar-refractivity contribution is 9.10. The van der Waals surface area contributed by atoms with Crippen molar-refractivity contribution < 1.29 is 0 Å². The van der Waals surface area contributed by atoms with Crippen LogP contribution in [-0.2, 0) is 0 Å². The number of aromatic nitrogens is 2. The van der Waals surface area contributed by atoms with Crippen LogP contribution in [0.1, 0.15) is 24.5 Å². The van der Waals surface area contributed by atoms with Gasteiger partial charge in [-0.05, 0) is 47.4 Å². The van der Waals surface area contributed by atoms with Gasteiger partial charge in [0, 0.05) is 24.7 Å². The minimum atomic E-state index is -0.0122. The van der Waals surface area contributed by atoms with Crippen molar-refractivity contribution in [2.45, 2.75) is 18.8 Å². The van der Waals surface area contributed by atoms with Gasteiger partial charge in [0.05, 0.1) is 10.2 Å². The van der Waals surface area contributed by atoms with E-state index in [-0.39, 0.29) is 5.56 Å². The van der Waals surface area contributed by atoms with E-state index in [4.69, 9.17) is 0 Å². The summed E-state index contributed by atoms with van der Waals surface area (Å²) in [6, 6.07) is 5.41. The maximum Gasteiger partial charge on any atom is 0.258 e. The van der Waals surface area contributed by atoms with Crippen LogP contribution in [0.15, 0.2) is 33.7 Å². The van der Waals surface area contributed by atoms with E-state index in [9.17, 15) is 4.79 Å². The first-order valence-electron chi connectivity index (χ1n) is 6.14. The average Bonchev–Trinajstić information content (AvgIpc) is 2.41. The Kier molecular flexibility index (Phi) is 3.18. The standard InChI is InChI=1S/C13H14BrN3O/c14-10-4-2-6-17-12(18)7-11(16-13(10)17)9-3-1-5-15-8-9/h2,4,6-7,9,15H,1,3,5,8H2. The van der Waals surface area contributed by atoms with Crippen molar-refractivity contribution in [2.24, 2.45) is 0 Å². The third-order valence-electron chi connectivity index (χ3n) is 3.38. The molecule has 0 aromatic carbocycles. The van der Waals surface area contributed by atoms with Crippen LogP contribution in [0.4, 0.5) is 0 Å². The molecule has 94 valence electrons. The molecular weight excluding hydrogens is 294 g/mol. The number of halogens is 1. The Morgan fingerprint density at radius 1 is 1.50 bits per heavy atom. The second kappa shape index (κ2) is 4.82. The monoisotopic (exact) mass is 307 g/mol. The van der Waals surface area contributed by atoms with Gasteiger partial charge in [-0.25, -0.2) is 4.98 Å². The van der Waals surface area contributed by atoms with Crippen LogP contribution in [0.2, 0.25) is 0 Å². The van der Waals surface area contributed by atoms with Crippen molar-refractivity contribution in [3.8, 4) is 0 Å². The smallest absolute Gasteiger partial charge is 0.258 e. The molecule has 3 heterocycles. The number of pyridine rings is 1.